The zero-order chi connectivity index (χ0) is 14.1. The standard InChI is InChI=1S/C16H32N2/c1-13(2)17(14(3)4)12-18-15(5,6)10-9-11-16(18,7)8/h13-14H,9-11H2,1-8H3. The van der Waals surface area contributed by atoms with E-state index in [1.54, 1.807) is 0 Å². The van der Waals surface area contributed by atoms with Gasteiger partial charge in [-0.25, -0.2) is 0 Å². The summed E-state index contributed by atoms with van der Waals surface area (Å²) >= 11 is 0. The summed E-state index contributed by atoms with van der Waals surface area (Å²) in [4.78, 5) is 4.83. The minimum atomic E-state index is 0.212. The van der Waals surface area contributed by atoms with Crippen LogP contribution in [0.5, 0.6) is 0 Å². The van der Waals surface area contributed by atoms with Crippen LogP contribution in [0.25, 0.3) is 0 Å². The molecule has 2 heteroatoms. The van der Waals surface area contributed by atoms with E-state index in [2.05, 4.69) is 71.9 Å². The quantitative estimate of drug-likeness (QED) is 0.694. The van der Waals surface area contributed by atoms with Crippen molar-refractivity contribution in [3.8, 4) is 0 Å². The van der Waals surface area contributed by atoms with Crippen LogP contribution in [0, 0.1) is 6.67 Å². The van der Waals surface area contributed by atoms with Crippen LogP contribution in [0.1, 0.15) is 74.7 Å². The number of piperidine rings is 1. The average Bonchev–Trinajstić information content (AvgIpc) is 2.13. The first-order chi connectivity index (χ1) is 8.08. The van der Waals surface area contributed by atoms with Gasteiger partial charge < -0.3 is 0 Å². The molecule has 0 aromatic heterocycles. The summed E-state index contributed by atoms with van der Waals surface area (Å²) in [6.45, 7) is 22.1. The molecule has 0 unspecified atom stereocenters. The maximum atomic E-state index is 3.70. The Morgan fingerprint density at radius 1 is 0.889 bits per heavy atom. The molecule has 0 aromatic carbocycles. The molecular weight excluding hydrogens is 220 g/mol. The smallest absolute Gasteiger partial charge is 0.147 e. The molecule has 0 amide bonds. The molecular formula is C16H32N2. The molecule has 18 heavy (non-hydrogen) atoms. The Morgan fingerprint density at radius 2 is 1.28 bits per heavy atom. The summed E-state index contributed by atoms with van der Waals surface area (Å²) in [7, 11) is 0. The van der Waals surface area contributed by atoms with Crippen molar-refractivity contribution in [2.24, 2.45) is 0 Å². The van der Waals surface area contributed by atoms with E-state index < -0.39 is 0 Å². The Bertz CT molecular complexity index is 242. The Morgan fingerprint density at radius 3 is 1.61 bits per heavy atom. The molecule has 1 fully saturated rings. The van der Waals surface area contributed by atoms with Crippen molar-refractivity contribution in [2.75, 3.05) is 0 Å². The molecule has 2 radical (unpaired) electrons. The van der Waals surface area contributed by atoms with Crippen LogP contribution in [0.3, 0.4) is 0 Å². The molecule has 1 rings (SSSR count). The predicted molar refractivity (Wildman–Crippen MR) is 79.2 cm³/mol. The fraction of sp³-hybridized carbons (Fsp3) is 0.938. The van der Waals surface area contributed by atoms with Crippen molar-refractivity contribution in [1.29, 1.82) is 0 Å². The Balaban J connectivity index is 2.89. The van der Waals surface area contributed by atoms with Gasteiger partial charge >= 0.3 is 0 Å². The first-order valence-corrected chi connectivity index (χ1v) is 7.43. The first kappa shape index (κ1) is 16.0. The summed E-state index contributed by atoms with van der Waals surface area (Å²) in [5.74, 6) is 0. The lowest BCUT2D eigenvalue weighted by Gasteiger charge is -2.54. The second-order valence-electron chi connectivity index (χ2n) is 7.51. The van der Waals surface area contributed by atoms with Gasteiger partial charge in [0.15, 0.2) is 0 Å². The molecule has 1 heterocycles. The third-order valence-electron chi connectivity index (χ3n) is 4.12. The number of hydrogen-bond acceptors (Lipinski definition) is 2. The van der Waals surface area contributed by atoms with Gasteiger partial charge in [-0.1, -0.05) is 0 Å². The minimum Gasteiger partial charge on any atom is -0.275 e. The van der Waals surface area contributed by atoms with Gasteiger partial charge in [0.1, 0.15) is 6.67 Å². The normalized spacial score (nSPS) is 24.2. The molecule has 0 aliphatic carbocycles. The van der Waals surface area contributed by atoms with E-state index in [9.17, 15) is 0 Å². The van der Waals surface area contributed by atoms with E-state index in [1.165, 1.54) is 19.3 Å². The summed E-state index contributed by atoms with van der Waals surface area (Å²) in [6.07, 6.45) is 3.84. The Kier molecular flexibility index (Phi) is 4.88. The van der Waals surface area contributed by atoms with Crippen LogP contribution in [-0.2, 0) is 0 Å². The predicted octanol–water partition coefficient (Wildman–Crippen LogP) is 4.14. The topological polar surface area (TPSA) is 6.48 Å². The van der Waals surface area contributed by atoms with Crippen LogP contribution in [0.15, 0.2) is 0 Å². The van der Waals surface area contributed by atoms with Crippen molar-refractivity contribution in [3.63, 3.8) is 0 Å². The molecule has 0 N–H and O–H groups in total. The van der Waals surface area contributed by atoms with Crippen molar-refractivity contribution >= 4 is 0 Å². The average molecular weight is 252 g/mol. The van der Waals surface area contributed by atoms with Gasteiger partial charge in [0.05, 0.1) is 0 Å². The zero-order valence-corrected chi connectivity index (χ0v) is 13.7. The van der Waals surface area contributed by atoms with E-state index in [1.807, 2.05) is 0 Å². The summed E-state index contributed by atoms with van der Waals surface area (Å²) in [5.41, 5.74) is 0.424. The van der Waals surface area contributed by atoms with Crippen molar-refractivity contribution in [3.05, 3.63) is 6.67 Å². The molecule has 0 bridgehead atoms. The fourth-order valence-electron chi connectivity index (χ4n) is 3.21. The maximum Gasteiger partial charge on any atom is 0.147 e. The Labute approximate surface area is 115 Å². The van der Waals surface area contributed by atoms with E-state index in [4.69, 9.17) is 0 Å². The molecule has 0 atom stereocenters. The van der Waals surface area contributed by atoms with Gasteiger partial charge in [-0.05, 0) is 74.7 Å². The molecule has 0 saturated carbocycles. The lowest BCUT2D eigenvalue weighted by Crippen LogP contribution is -2.60. The Hall–Kier alpha value is -0.0800. The molecule has 2 nitrogen and oxygen atoms in total. The van der Waals surface area contributed by atoms with Crippen LogP contribution in [0.4, 0.5) is 0 Å². The van der Waals surface area contributed by atoms with Crippen molar-refractivity contribution < 1.29 is 0 Å². The van der Waals surface area contributed by atoms with E-state index >= 15 is 0 Å². The number of nitrogens with zero attached hydrogens (tertiary/aromatic N) is 2. The molecule has 0 aromatic rings. The first-order valence-electron chi connectivity index (χ1n) is 7.43. The molecule has 1 aliphatic rings. The van der Waals surface area contributed by atoms with Crippen LogP contribution in [0.2, 0.25) is 0 Å². The lowest BCUT2D eigenvalue weighted by atomic mass is 9.80. The van der Waals surface area contributed by atoms with Gasteiger partial charge in [-0.15, -0.1) is 0 Å². The second kappa shape index (κ2) is 5.50. The van der Waals surface area contributed by atoms with Crippen molar-refractivity contribution in [1.82, 2.24) is 9.80 Å². The highest BCUT2D eigenvalue weighted by Crippen LogP contribution is 2.39. The lowest BCUT2D eigenvalue weighted by molar-refractivity contribution is -0.0390. The third-order valence-corrected chi connectivity index (χ3v) is 4.12. The van der Waals surface area contributed by atoms with Gasteiger partial charge in [-0.3, -0.25) is 9.80 Å². The molecule has 1 saturated heterocycles. The molecule has 0 spiro atoms. The van der Waals surface area contributed by atoms with E-state index in [-0.39, 0.29) is 11.1 Å². The highest BCUT2D eigenvalue weighted by Gasteiger charge is 2.43. The number of hydrogen-bond donors (Lipinski definition) is 0. The van der Waals surface area contributed by atoms with Gasteiger partial charge in [0.25, 0.3) is 0 Å². The highest BCUT2D eigenvalue weighted by molar-refractivity contribution is 5.00. The monoisotopic (exact) mass is 252 g/mol. The molecule has 1 aliphatic heterocycles. The number of rotatable bonds is 4. The van der Waals surface area contributed by atoms with Gasteiger partial charge in [0, 0.05) is 23.2 Å². The summed E-state index contributed by atoms with van der Waals surface area (Å²) in [6, 6.07) is 0.997. The minimum absolute atomic E-state index is 0.212. The van der Waals surface area contributed by atoms with Crippen LogP contribution in [-0.4, -0.2) is 33.0 Å². The summed E-state index contributed by atoms with van der Waals surface area (Å²) < 4.78 is 0. The van der Waals surface area contributed by atoms with Gasteiger partial charge in [0.2, 0.25) is 0 Å². The van der Waals surface area contributed by atoms with Crippen LogP contribution < -0.4 is 0 Å². The SMILES string of the molecule is CC(C)N([C]N1C(C)(C)CCCC1(C)C)C(C)C. The van der Waals surface area contributed by atoms with E-state index in [0.29, 0.717) is 12.1 Å². The maximum absolute atomic E-state index is 3.70. The zero-order valence-electron chi connectivity index (χ0n) is 13.7. The third kappa shape index (κ3) is 3.48. The van der Waals surface area contributed by atoms with E-state index in [0.717, 1.165) is 0 Å². The number of likely N-dealkylation sites (tertiary alicyclic amines) is 1. The highest BCUT2D eigenvalue weighted by atomic mass is 15.4. The van der Waals surface area contributed by atoms with Crippen LogP contribution >= 0.6 is 0 Å². The van der Waals surface area contributed by atoms with Gasteiger partial charge in [-0.2, -0.15) is 0 Å². The molecule has 106 valence electrons. The second-order valence-corrected chi connectivity index (χ2v) is 7.51. The fourth-order valence-corrected chi connectivity index (χ4v) is 3.21. The summed E-state index contributed by atoms with van der Waals surface area (Å²) in [5, 5.41) is 0. The largest absolute Gasteiger partial charge is 0.275 e. The van der Waals surface area contributed by atoms with Crippen molar-refractivity contribution in [2.45, 2.75) is 97.8 Å².